The average molecular weight is 546 g/mol. The number of rotatable bonds is 7. The van der Waals surface area contributed by atoms with Crippen molar-refractivity contribution in [2.24, 2.45) is 5.92 Å². The fraction of sp³-hybridized carbons (Fsp3) is 0.500. The Hall–Kier alpha value is -3.68. The van der Waals surface area contributed by atoms with Gasteiger partial charge in [0.15, 0.2) is 5.78 Å². The second kappa shape index (κ2) is 12.2. The third kappa shape index (κ3) is 6.06. The van der Waals surface area contributed by atoms with E-state index in [4.69, 9.17) is 4.74 Å². The fourth-order valence-electron chi connectivity index (χ4n) is 6.53. The largest absolute Gasteiger partial charge is 0.416 e. The second-order valence-corrected chi connectivity index (χ2v) is 11.4. The minimum absolute atomic E-state index is 0.0169. The van der Waals surface area contributed by atoms with Crippen LogP contribution in [0.25, 0.3) is 0 Å². The van der Waals surface area contributed by atoms with Gasteiger partial charge < -0.3 is 14.5 Å². The fourth-order valence-corrected chi connectivity index (χ4v) is 6.53. The molecule has 0 N–H and O–H groups in total. The molecule has 5 rings (SSSR count). The molecule has 0 spiro atoms. The van der Waals surface area contributed by atoms with Crippen LogP contribution in [0.2, 0.25) is 0 Å². The Balaban J connectivity index is 1.38. The number of carbonyl (C=O) groups excluding carboxylic acids is 4. The van der Waals surface area contributed by atoms with Crippen LogP contribution in [0.4, 0.5) is 4.79 Å². The molecule has 3 aliphatic rings. The molecule has 2 aromatic carbocycles. The Bertz CT molecular complexity index is 1260. The van der Waals surface area contributed by atoms with E-state index in [1.54, 1.807) is 28.0 Å². The van der Waals surface area contributed by atoms with Gasteiger partial charge >= 0.3 is 6.09 Å². The molecular formula is C32H39N3O5. The average Bonchev–Trinajstić information content (AvgIpc) is 2.94. The highest BCUT2D eigenvalue weighted by Crippen LogP contribution is 2.34. The minimum atomic E-state index is -0.576. The SMILES string of the molecule is CC(=O)c1ccc(OC(=O)N2CCC(=O)N3[C@@H]2CN(CCc2ccccc2)C(=O)[C@@H]3CC2CCCCC2)cc1C. The zero-order chi connectivity index (χ0) is 28.2. The Labute approximate surface area is 236 Å². The first-order chi connectivity index (χ1) is 19.3. The number of carbonyl (C=O) groups is 4. The first-order valence-corrected chi connectivity index (χ1v) is 14.6. The number of benzene rings is 2. The molecule has 2 aliphatic heterocycles. The summed E-state index contributed by atoms with van der Waals surface area (Å²) in [5.41, 5.74) is 2.46. The van der Waals surface area contributed by atoms with Crippen LogP contribution >= 0.6 is 0 Å². The van der Waals surface area contributed by atoms with E-state index >= 15 is 0 Å². The summed E-state index contributed by atoms with van der Waals surface area (Å²) in [5, 5.41) is 0. The van der Waals surface area contributed by atoms with Crippen LogP contribution in [0.5, 0.6) is 5.75 Å². The third-order valence-electron chi connectivity index (χ3n) is 8.66. The van der Waals surface area contributed by atoms with E-state index in [9.17, 15) is 19.2 Å². The van der Waals surface area contributed by atoms with Crippen molar-refractivity contribution >= 4 is 23.7 Å². The first kappa shape index (κ1) is 27.9. The Morgan fingerprint density at radius 3 is 2.45 bits per heavy atom. The van der Waals surface area contributed by atoms with Crippen LogP contribution in [0.1, 0.15) is 73.4 Å². The normalized spacial score (nSPS) is 21.8. The zero-order valence-corrected chi connectivity index (χ0v) is 23.5. The van der Waals surface area contributed by atoms with E-state index in [1.807, 2.05) is 42.2 Å². The van der Waals surface area contributed by atoms with E-state index in [1.165, 1.54) is 13.3 Å². The van der Waals surface area contributed by atoms with E-state index in [0.29, 0.717) is 36.6 Å². The van der Waals surface area contributed by atoms with Crippen LogP contribution < -0.4 is 4.74 Å². The lowest BCUT2D eigenvalue weighted by atomic mass is 9.83. The lowest BCUT2D eigenvalue weighted by Crippen LogP contribution is -2.71. The molecule has 2 atom stereocenters. The van der Waals surface area contributed by atoms with Crippen LogP contribution in [-0.4, -0.2) is 70.2 Å². The topological polar surface area (TPSA) is 87.2 Å². The molecule has 0 bridgehead atoms. The molecule has 40 heavy (non-hydrogen) atoms. The molecule has 1 saturated carbocycles. The zero-order valence-electron chi connectivity index (χ0n) is 23.5. The monoisotopic (exact) mass is 545 g/mol. The summed E-state index contributed by atoms with van der Waals surface area (Å²) in [5.74, 6) is 0.606. The predicted molar refractivity (Wildman–Crippen MR) is 151 cm³/mol. The Morgan fingerprint density at radius 2 is 1.75 bits per heavy atom. The highest BCUT2D eigenvalue weighted by molar-refractivity contribution is 5.95. The van der Waals surface area contributed by atoms with Crippen LogP contribution in [0.3, 0.4) is 0 Å². The number of fused-ring (bicyclic) bond motifs is 1. The predicted octanol–water partition coefficient (Wildman–Crippen LogP) is 4.98. The molecule has 3 amide bonds. The molecule has 212 valence electrons. The van der Waals surface area contributed by atoms with Crippen LogP contribution in [-0.2, 0) is 16.0 Å². The molecular weight excluding hydrogens is 506 g/mol. The van der Waals surface area contributed by atoms with Crippen molar-refractivity contribution < 1.29 is 23.9 Å². The van der Waals surface area contributed by atoms with E-state index in [-0.39, 0.29) is 37.1 Å². The van der Waals surface area contributed by atoms with Crippen molar-refractivity contribution in [1.82, 2.24) is 14.7 Å². The van der Waals surface area contributed by atoms with Gasteiger partial charge in [-0.1, -0.05) is 62.4 Å². The second-order valence-electron chi connectivity index (χ2n) is 11.4. The van der Waals surface area contributed by atoms with Crippen LogP contribution in [0, 0.1) is 12.8 Å². The van der Waals surface area contributed by atoms with Gasteiger partial charge in [0.1, 0.15) is 18.0 Å². The molecule has 3 fully saturated rings. The molecule has 8 heteroatoms. The number of piperazine rings is 1. The van der Waals surface area contributed by atoms with Gasteiger partial charge in [-0.3, -0.25) is 19.3 Å². The van der Waals surface area contributed by atoms with Gasteiger partial charge in [-0.25, -0.2) is 4.79 Å². The summed E-state index contributed by atoms with van der Waals surface area (Å²) in [4.78, 5) is 57.7. The van der Waals surface area contributed by atoms with Crippen molar-refractivity contribution in [3.8, 4) is 5.75 Å². The number of Topliss-reactive ketones (excluding diaryl/α,β-unsaturated/α-hetero) is 1. The maximum absolute atomic E-state index is 13.9. The molecule has 8 nitrogen and oxygen atoms in total. The molecule has 0 unspecified atom stereocenters. The van der Waals surface area contributed by atoms with Gasteiger partial charge in [0, 0.05) is 25.1 Å². The van der Waals surface area contributed by atoms with Gasteiger partial charge in [-0.2, -0.15) is 0 Å². The van der Waals surface area contributed by atoms with E-state index in [0.717, 1.165) is 36.8 Å². The number of ether oxygens (including phenoxy) is 1. The van der Waals surface area contributed by atoms with Crippen molar-refractivity contribution in [3.05, 3.63) is 65.2 Å². The summed E-state index contributed by atoms with van der Waals surface area (Å²) in [6.45, 7) is 4.33. The van der Waals surface area contributed by atoms with Crippen molar-refractivity contribution in [3.63, 3.8) is 0 Å². The van der Waals surface area contributed by atoms with E-state index in [2.05, 4.69) is 0 Å². The van der Waals surface area contributed by atoms with Gasteiger partial charge in [-0.15, -0.1) is 0 Å². The summed E-state index contributed by atoms with van der Waals surface area (Å²) in [6.07, 6.45) is 6.04. The Morgan fingerprint density at radius 1 is 1.00 bits per heavy atom. The Kier molecular flexibility index (Phi) is 8.52. The quantitative estimate of drug-likeness (QED) is 0.458. The van der Waals surface area contributed by atoms with Gasteiger partial charge in [0.25, 0.3) is 0 Å². The van der Waals surface area contributed by atoms with Gasteiger partial charge in [-0.05, 0) is 61.9 Å². The van der Waals surface area contributed by atoms with Crippen molar-refractivity contribution in [2.75, 3.05) is 19.6 Å². The van der Waals surface area contributed by atoms with Gasteiger partial charge in [0.2, 0.25) is 11.8 Å². The first-order valence-electron chi connectivity index (χ1n) is 14.6. The lowest BCUT2D eigenvalue weighted by molar-refractivity contribution is -0.168. The summed E-state index contributed by atoms with van der Waals surface area (Å²) in [6, 6.07) is 14.4. The third-order valence-corrected chi connectivity index (χ3v) is 8.66. The molecule has 2 saturated heterocycles. The molecule has 2 aromatic rings. The molecule has 2 heterocycles. The summed E-state index contributed by atoms with van der Waals surface area (Å²) >= 11 is 0. The van der Waals surface area contributed by atoms with Crippen LogP contribution in [0.15, 0.2) is 48.5 Å². The number of aryl methyl sites for hydroxylation is 1. The summed E-state index contributed by atoms with van der Waals surface area (Å²) < 4.78 is 5.76. The molecule has 0 radical (unpaired) electrons. The molecule has 1 aliphatic carbocycles. The maximum atomic E-state index is 13.9. The smallest absolute Gasteiger partial charge is 0.410 e. The number of hydrogen-bond donors (Lipinski definition) is 0. The number of amides is 3. The van der Waals surface area contributed by atoms with Crippen molar-refractivity contribution in [1.29, 1.82) is 0 Å². The van der Waals surface area contributed by atoms with Crippen molar-refractivity contribution in [2.45, 2.75) is 77.4 Å². The number of ketones is 1. The minimum Gasteiger partial charge on any atom is -0.410 e. The van der Waals surface area contributed by atoms with E-state index < -0.39 is 18.3 Å². The lowest BCUT2D eigenvalue weighted by Gasteiger charge is -2.52. The number of nitrogens with zero attached hydrogens (tertiary/aromatic N) is 3. The van der Waals surface area contributed by atoms with Gasteiger partial charge in [0.05, 0.1) is 6.54 Å². The highest BCUT2D eigenvalue weighted by Gasteiger charge is 2.49. The molecule has 0 aromatic heterocycles. The highest BCUT2D eigenvalue weighted by atomic mass is 16.6. The summed E-state index contributed by atoms with van der Waals surface area (Å²) in [7, 11) is 0. The number of hydrogen-bond acceptors (Lipinski definition) is 5. The maximum Gasteiger partial charge on any atom is 0.416 e. The standard InChI is InChI=1S/C32H39N3O5/c1-22-19-26(13-14-27(22)23(2)36)40-32(39)34-18-16-30(37)35-28(20-25-11-7-4-8-12-25)31(38)33(21-29(34)35)17-15-24-9-5-3-6-10-24/h3,5-6,9-10,13-14,19,25,28-29H,4,7-8,11-12,15-18,20-21H2,1-2H3/t28-,29+/m0/s1.